The van der Waals surface area contributed by atoms with Crippen molar-refractivity contribution in [3.05, 3.63) is 0 Å². The van der Waals surface area contributed by atoms with E-state index in [0.29, 0.717) is 12.0 Å². The van der Waals surface area contributed by atoms with Crippen LogP contribution in [0.1, 0.15) is 33.6 Å². The number of aliphatic hydroxyl groups is 1. The number of aliphatic hydroxyl groups excluding tert-OH is 1. The van der Waals surface area contributed by atoms with Gasteiger partial charge >= 0.3 is 0 Å². The van der Waals surface area contributed by atoms with Gasteiger partial charge in [-0.2, -0.15) is 0 Å². The molecule has 0 fully saturated rings. The maximum atomic E-state index is 8.60. The minimum Gasteiger partial charge on any atom is -0.381 e. The molecule has 0 radical (unpaired) electrons. The summed E-state index contributed by atoms with van der Waals surface area (Å²) >= 11 is 0. The fraction of sp³-hybridized carbons (Fsp3) is 1.00. The van der Waals surface area contributed by atoms with Crippen molar-refractivity contribution in [3.63, 3.8) is 0 Å². The molecule has 0 heterocycles. The molecule has 0 saturated heterocycles. The summed E-state index contributed by atoms with van der Waals surface area (Å²) in [7, 11) is 0. The average Bonchev–Trinajstić information content (AvgIpc) is 1.99. The summed E-state index contributed by atoms with van der Waals surface area (Å²) < 4.78 is 0. The Balaban J connectivity index is 3.56. The topological polar surface area (TPSA) is 32.3 Å². The maximum absolute atomic E-state index is 8.60. The molecule has 2 heteroatoms. The van der Waals surface area contributed by atoms with E-state index in [0.717, 1.165) is 6.42 Å². The van der Waals surface area contributed by atoms with Crippen LogP contribution in [-0.2, 0) is 0 Å². The Kier molecular flexibility index (Phi) is 5.64. The van der Waals surface area contributed by atoms with Crippen LogP contribution in [0.5, 0.6) is 0 Å². The first kappa shape index (κ1) is 9.92. The Hall–Kier alpha value is -0.0800. The second kappa shape index (κ2) is 5.69. The van der Waals surface area contributed by atoms with Crippen LogP contribution >= 0.6 is 0 Å². The molecular formula is C8H19NO. The molecule has 0 amide bonds. The summed E-state index contributed by atoms with van der Waals surface area (Å²) in [6, 6.07) is 0.481. The monoisotopic (exact) mass is 145 g/mol. The molecule has 0 aromatic carbocycles. The Labute approximate surface area is 63.6 Å². The van der Waals surface area contributed by atoms with Gasteiger partial charge in [0.1, 0.15) is 0 Å². The normalized spacial score (nSPS) is 16.8. The summed E-state index contributed by atoms with van der Waals surface area (Å²) in [6.45, 7) is 6.62. The first-order chi connectivity index (χ1) is 4.76. The van der Waals surface area contributed by atoms with E-state index < -0.39 is 0 Å². The fourth-order valence-electron chi connectivity index (χ4n) is 1.15. The van der Waals surface area contributed by atoms with Crippen molar-refractivity contribution in [1.29, 1.82) is 0 Å². The van der Waals surface area contributed by atoms with Crippen molar-refractivity contribution in [2.75, 3.05) is 6.73 Å². The van der Waals surface area contributed by atoms with E-state index >= 15 is 0 Å². The van der Waals surface area contributed by atoms with Gasteiger partial charge in [-0.3, -0.25) is 5.32 Å². The van der Waals surface area contributed by atoms with Gasteiger partial charge in [0.15, 0.2) is 0 Å². The summed E-state index contributed by atoms with van der Waals surface area (Å²) in [4.78, 5) is 0. The van der Waals surface area contributed by atoms with Crippen LogP contribution in [0.3, 0.4) is 0 Å². The van der Waals surface area contributed by atoms with Crippen molar-refractivity contribution in [2.45, 2.75) is 39.7 Å². The predicted octanol–water partition coefficient (Wildman–Crippen LogP) is 1.35. The van der Waals surface area contributed by atoms with Crippen LogP contribution < -0.4 is 5.32 Å². The Morgan fingerprint density at radius 3 is 2.20 bits per heavy atom. The van der Waals surface area contributed by atoms with Crippen molar-refractivity contribution < 1.29 is 5.11 Å². The van der Waals surface area contributed by atoms with Crippen molar-refractivity contribution in [3.8, 4) is 0 Å². The van der Waals surface area contributed by atoms with Gasteiger partial charge in [-0.25, -0.2) is 0 Å². The van der Waals surface area contributed by atoms with Crippen LogP contribution in [0.25, 0.3) is 0 Å². The zero-order valence-corrected chi connectivity index (χ0v) is 7.22. The highest BCUT2D eigenvalue weighted by atomic mass is 16.3. The number of hydrogen-bond donors (Lipinski definition) is 2. The molecule has 0 rings (SSSR count). The largest absolute Gasteiger partial charge is 0.381 e. The van der Waals surface area contributed by atoms with E-state index in [9.17, 15) is 0 Å². The molecule has 0 aliphatic rings. The average molecular weight is 145 g/mol. The van der Waals surface area contributed by atoms with Crippen LogP contribution in [0.4, 0.5) is 0 Å². The molecule has 0 aromatic heterocycles. The molecule has 2 unspecified atom stereocenters. The second-order valence-corrected chi connectivity index (χ2v) is 2.76. The third-order valence-electron chi connectivity index (χ3n) is 2.12. The van der Waals surface area contributed by atoms with E-state index in [1.54, 1.807) is 0 Å². The summed E-state index contributed by atoms with van der Waals surface area (Å²) in [6.07, 6.45) is 2.26. The maximum Gasteiger partial charge on any atom is 0.0933 e. The van der Waals surface area contributed by atoms with Gasteiger partial charge in [0, 0.05) is 6.04 Å². The zero-order valence-electron chi connectivity index (χ0n) is 7.22. The van der Waals surface area contributed by atoms with E-state index in [4.69, 9.17) is 5.11 Å². The molecule has 0 aromatic rings. The molecule has 0 aliphatic carbocycles. The van der Waals surface area contributed by atoms with Crippen molar-refractivity contribution >= 4 is 0 Å². The first-order valence-electron chi connectivity index (χ1n) is 4.10. The molecule has 2 nitrogen and oxygen atoms in total. The molecule has 2 N–H and O–H groups in total. The molecule has 10 heavy (non-hydrogen) atoms. The Bertz CT molecular complexity index is 75.7. The first-order valence-corrected chi connectivity index (χ1v) is 4.10. The lowest BCUT2D eigenvalue weighted by molar-refractivity contribution is 0.214. The highest BCUT2D eigenvalue weighted by Crippen LogP contribution is 2.09. The number of hydrogen-bond acceptors (Lipinski definition) is 2. The zero-order chi connectivity index (χ0) is 7.98. The van der Waals surface area contributed by atoms with Crippen molar-refractivity contribution in [1.82, 2.24) is 5.32 Å². The van der Waals surface area contributed by atoms with Crippen LogP contribution in [0, 0.1) is 5.92 Å². The van der Waals surface area contributed by atoms with Crippen LogP contribution in [0.2, 0.25) is 0 Å². The fourth-order valence-corrected chi connectivity index (χ4v) is 1.15. The molecule has 0 saturated carbocycles. The Morgan fingerprint density at radius 1 is 1.30 bits per heavy atom. The lowest BCUT2D eigenvalue weighted by Crippen LogP contribution is -2.34. The minimum atomic E-state index is 0.100. The standard InChI is InChI=1S/C8H19NO/c1-4-7(3)8(5-2)9-6-10/h7-10H,4-6H2,1-3H3. The van der Waals surface area contributed by atoms with Crippen molar-refractivity contribution in [2.24, 2.45) is 5.92 Å². The third kappa shape index (κ3) is 3.18. The summed E-state index contributed by atoms with van der Waals surface area (Å²) in [5.74, 6) is 0.664. The lowest BCUT2D eigenvalue weighted by Gasteiger charge is -2.21. The van der Waals surface area contributed by atoms with Gasteiger partial charge in [0.25, 0.3) is 0 Å². The molecule has 0 bridgehead atoms. The smallest absolute Gasteiger partial charge is 0.0933 e. The number of rotatable bonds is 5. The summed E-state index contributed by atoms with van der Waals surface area (Å²) in [5.41, 5.74) is 0. The Morgan fingerprint density at radius 2 is 1.90 bits per heavy atom. The quantitative estimate of drug-likeness (QED) is 0.572. The molecule has 62 valence electrons. The van der Waals surface area contributed by atoms with Gasteiger partial charge in [0.2, 0.25) is 0 Å². The van der Waals surface area contributed by atoms with Gasteiger partial charge in [-0.05, 0) is 12.3 Å². The van der Waals surface area contributed by atoms with Gasteiger partial charge in [-0.15, -0.1) is 0 Å². The summed E-state index contributed by atoms with van der Waals surface area (Å²) in [5, 5.41) is 11.6. The van der Waals surface area contributed by atoms with Crippen LogP contribution in [0.15, 0.2) is 0 Å². The second-order valence-electron chi connectivity index (χ2n) is 2.76. The molecule has 0 spiro atoms. The lowest BCUT2D eigenvalue weighted by atomic mass is 9.97. The van der Waals surface area contributed by atoms with E-state index in [1.807, 2.05) is 0 Å². The van der Waals surface area contributed by atoms with E-state index in [1.165, 1.54) is 6.42 Å². The minimum absolute atomic E-state index is 0.100. The third-order valence-corrected chi connectivity index (χ3v) is 2.12. The highest BCUT2D eigenvalue weighted by molar-refractivity contribution is 4.68. The molecule has 0 aliphatic heterocycles. The van der Waals surface area contributed by atoms with Crippen LogP contribution in [-0.4, -0.2) is 17.9 Å². The van der Waals surface area contributed by atoms with Gasteiger partial charge < -0.3 is 5.11 Å². The highest BCUT2D eigenvalue weighted by Gasteiger charge is 2.11. The molecular weight excluding hydrogens is 126 g/mol. The van der Waals surface area contributed by atoms with Gasteiger partial charge in [-0.1, -0.05) is 27.2 Å². The van der Waals surface area contributed by atoms with E-state index in [2.05, 4.69) is 26.1 Å². The van der Waals surface area contributed by atoms with Gasteiger partial charge in [0.05, 0.1) is 6.73 Å². The molecule has 2 atom stereocenters. The van der Waals surface area contributed by atoms with E-state index in [-0.39, 0.29) is 6.73 Å². The SMILES string of the molecule is CCC(C)C(CC)NCO. The predicted molar refractivity (Wildman–Crippen MR) is 43.8 cm³/mol. The number of nitrogens with one attached hydrogen (secondary N) is 1.